The van der Waals surface area contributed by atoms with E-state index in [9.17, 15) is 4.79 Å². The maximum absolute atomic E-state index is 11.6. The summed E-state index contributed by atoms with van der Waals surface area (Å²) in [7, 11) is 1.38. The quantitative estimate of drug-likeness (QED) is 0.847. The largest absolute Gasteiger partial charge is 0.468 e. The number of hydrogen-bond acceptors (Lipinski definition) is 4. The van der Waals surface area contributed by atoms with Crippen LogP contribution in [0.1, 0.15) is 18.4 Å². The van der Waals surface area contributed by atoms with Gasteiger partial charge in [-0.25, -0.2) is 0 Å². The molecule has 0 spiro atoms. The molecule has 2 rings (SSSR count). The number of hydrogen-bond donors (Lipinski definition) is 1. The number of nitrogens with two attached hydrogens (primary N) is 1. The normalized spacial score (nSPS) is 17.3. The van der Waals surface area contributed by atoms with E-state index < -0.39 is 5.54 Å². The Morgan fingerprint density at radius 1 is 1.38 bits per heavy atom. The molecular weight excluding hydrogens is 335 g/mol. The maximum Gasteiger partial charge on any atom is 0.325 e. The summed E-state index contributed by atoms with van der Waals surface area (Å²) in [4.78, 5) is 13.9. The molecule has 4 nitrogen and oxygen atoms in total. The van der Waals surface area contributed by atoms with Crippen molar-refractivity contribution < 1.29 is 9.53 Å². The third kappa shape index (κ3) is 5.31. The van der Waals surface area contributed by atoms with E-state index in [1.54, 1.807) is 0 Å². The number of ether oxygens (including phenoxy) is 1. The second-order valence-electron chi connectivity index (χ2n) is 5.05. The minimum absolute atomic E-state index is 0. The molecule has 0 amide bonds. The highest BCUT2D eigenvalue weighted by atomic mass is 35.5. The van der Waals surface area contributed by atoms with Crippen LogP contribution in [0.5, 0.6) is 0 Å². The van der Waals surface area contributed by atoms with Gasteiger partial charge in [-0.15, -0.1) is 24.8 Å². The Morgan fingerprint density at radius 3 is 2.52 bits per heavy atom. The summed E-state index contributed by atoms with van der Waals surface area (Å²) in [6, 6.07) is 7.83. The molecule has 0 saturated carbocycles. The first-order chi connectivity index (χ1) is 9.03. The second kappa shape index (κ2) is 8.81. The first-order valence-corrected chi connectivity index (χ1v) is 6.75. The SMILES string of the molecule is COC(=O)C1(N)CCN(Cc2cccc(Cl)c2)CC1.Cl.Cl. The Labute approximate surface area is 142 Å². The van der Waals surface area contributed by atoms with Crippen molar-refractivity contribution in [3.05, 3.63) is 34.9 Å². The fraction of sp³-hybridized carbons (Fsp3) is 0.500. The number of carbonyl (C=O) groups excluding carboxylic acids is 1. The molecule has 1 aromatic carbocycles. The summed E-state index contributed by atoms with van der Waals surface area (Å²) in [5.74, 6) is -0.310. The number of likely N-dealkylation sites (tertiary alicyclic amines) is 1. The Bertz CT molecular complexity index is 463. The molecule has 0 radical (unpaired) electrons. The first kappa shape index (κ1) is 20.5. The number of nitrogens with zero attached hydrogens (tertiary/aromatic N) is 1. The minimum Gasteiger partial charge on any atom is -0.468 e. The zero-order chi connectivity index (χ0) is 13.9. The lowest BCUT2D eigenvalue weighted by molar-refractivity contribution is -0.149. The summed E-state index contributed by atoms with van der Waals surface area (Å²) >= 11 is 5.97. The van der Waals surface area contributed by atoms with Crippen LogP contribution in [-0.2, 0) is 16.1 Å². The number of esters is 1. The van der Waals surface area contributed by atoms with Gasteiger partial charge in [0.05, 0.1) is 7.11 Å². The van der Waals surface area contributed by atoms with Crippen molar-refractivity contribution in [2.45, 2.75) is 24.9 Å². The predicted octanol–water partition coefficient (Wildman–Crippen LogP) is 2.65. The van der Waals surface area contributed by atoms with Crippen LogP contribution in [0, 0.1) is 0 Å². The zero-order valence-corrected chi connectivity index (χ0v) is 14.3. The molecule has 1 fully saturated rings. The van der Waals surface area contributed by atoms with Crippen LogP contribution < -0.4 is 5.73 Å². The molecule has 0 bridgehead atoms. The number of benzene rings is 1. The van der Waals surface area contributed by atoms with Crippen LogP contribution >= 0.6 is 36.4 Å². The van der Waals surface area contributed by atoms with Crippen molar-refractivity contribution in [2.24, 2.45) is 5.73 Å². The Hall–Kier alpha value is -0.520. The first-order valence-electron chi connectivity index (χ1n) is 6.37. The third-order valence-corrected chi connectivity index (χ3v) is 3.87. The van der Waals surface area contributed by atoms with Crippen LogP contribution in [-0.4, -0.2) is 36.6 Å². The fourth-order valence-electron chi connectivity index (χ4n) is 2.41. The lowest BCUT2D eigenvalue weighted by Gasteiger charge is -2.37. The molecule has 1 heterocycles. The molecule has 1 saturated heterocycles. The Morgan fingerprint density at radius 2 is 2.00 bits per heavy atom. The van der Waals surface area contributed by atoms with Gasteiger partial charge in [0.2, 0.25) is 0 Å². The van der Waals surface area contributed by atoms with Crippen molar-refractivity contribution in [1.29, 1.82) is 0 Å². The van der Waals surface area contributed by atoms with Crippen molar-refractivity contribution in [2.75, 3.05) is 20.2 Å². The number of halogens is 3. The lowest BCUT2D eigenvalue weighted by atomic mass is 9.88. The van der Waals surface area contributed by atoms with Crippen molar-refractivity contribution >= 4 is 42.4 Å². The molecule has 2 N–H and O–H groups in total. The van der Waals surface area contributed by atoms with Gasteiger partial charge in [0.15, 0.2) is 0 Å². The van der Waals surface area contributed by atoms with Crippen LogP contribution in [0.25, 0.3) is 0 Å². The van der Waals surface area contributed by atoms with Gasteiger partial charge in [0.1, 0.15) is 5.54 Å². The smallest absolute Gasteiger partial charge is 0.325 e. The molecule has 21 heavy (non-hydrogen) atoms. The Balaban J connectivity index is 0.00000200. The second-order valence-corrected chi connectivity index (χ2v) is 5.49. The van der Waals surface area contributed by atoms with E-state index >= 15 is 0 Å². The average Bonchev–Trinajstić information content (AvgIpc) is 2.41. The average molecular weight is 356 g/mol. The number of methoxy groups -OCH3 is 1. The molecule has 0 atom stereocenters. The summed E-state index contributed by atoms with van der Waals surface area (Å²) in [5, 5.41) is 0.747. The molecular formula is C14H21Cl3N2O2. The van der Waals surface area contributed by atoms with E-state index in [0.717, 1.165) is 24.7 Å². The Kier molecular flexibility index (Phi) is 8.59. The van der Waals surface area contributed by atoms with Gasteiger partial charge in [-0.3, -0.25) is 9.69 Å². The zero-order valence-electron chi connectivity index (χ0n) is 11.9. The van der Waals surface area contributed by atoms with Gasteiger partial charge in [0, 0.05) is 24.7 Å². The van der Waals surface area contributed by atoms with Gasteiger partial charge in [-0.1, -0.05) is 23.7 Å². The van der Waals surface area contributed by atoms with E-state index in [1.165, 1.54) is 12.7 Å². The van der Waals surface area contributed by atoms with Crippen LogP contribution in [0.2, 0.25) is 5.02 Å². The highest BCUT2D eigenvalue weighted by Gasteiger charge is 2.38. The minimum atomic E-state index is -0.820. The van der Waals surface area contributed by atoms with Crippen LogP contribution in [0.15, 0.2) is 24.3 Å². The summed E-state index contributed by atoms with van der Waals surface area (Å²) in [6.07, 6.45) is 1.25. The molecule has 0 aliphatic carbocycles. The van der Waals surface area contributed by atoms with E-state index in [0.29, 0.717) is 12.8 Å². The maximum atomic E-state index is 11.6. The number of rotatable bonds is 3. The van der Waals surface area contributed by atoms with Gasteiger partial charge >= 0.3 is 5.97 Å². The monoisotopic (exact) mass is 354 g/mol. The van der Waals surface area contributed by atoms with Crippen molar-refractivity contribution in [3.63, 3.8) is 0 Å². The standard InChI is InChI=1S/C14H19ClN2O2.2ClH/c1-19-13(18)14(16)5-7-17(8-6-14)10-11-3-2-4-12(15)9-11;;/h2-4,9H,5-8,10,16H2,1H3;2*1H. The molecule has 1 aliphatic rings. The highest BCUT2D eigenvalue weighted by Crippen LogP contribution is 2.23. The molecule has 120 valence electrons. The van der Waals surface area contributed by atoms with E-state index in [-0.39, 0.29) is 30.8 Å². The fourth-order valence-corrected chi connectivity index (χ4v) is 2.62. The van der Waals surface area contributed by atoms with Gasteiger partial charge < -0.3 is 10.5 Å². The summed E-state index contributed by atoms with van der Waals surface area (Å²) < 4.78 is 4.76. The predicted molar refractivity (Wildman–Crippen MR) is 89.4 cm³/mol. The summed E-state index contributed by atoms with van der Waals surface area (Å²) in [5.41, 5.74) is 6.43. The van der Waals surface area contributed by atoms with Gasteiger partial charge in [-0.2, -0.15) is 0 Å². The molecule has 0 aromatic heterocycles. The molecule has 0 unspecified atom stereocenters. The van der Waals surface area contributed by atoms with E-state index in [1.807, 2.05) is 18.2 Å². The molecule has 7 heteroatoms. The highest BCUT2D eigenvalue weighted by molar-refractivity contribution is 6.30. The number of piperidine rings is 1. The number of carbonyl (C=O) groups is 1. The third-order valence-electron chi connectivity index (χ3n) is 3.64. The molecule has 1 aromatic rings. The van der Waals surface area contributed by atoms with Crippen molar-refractivity contribution in [3.8, 4) is 0 Å². The molecule has 1 aliphatic heterocycles. The van der Waals surface area contributed by atoms with Gasteiger partial charge in [-0.05, 0) is 30.5 Å². The van der Waals surface area contributed by atoms with E-state index in [4.69, 9.17) is 22.1 Å². The van der Waals surface area contributed by atoms with Crippen LogP contribution in [0.3, 0.4) is 0 Å². The van der Waals surface area contributed by atoms with Crippen molar-refractivity contribution in [1.82, 2.24) is 4.90 Å². The van der Waals surface area contributed by atoms with Gasteiger partial charge in [0.25, 0.3) is 0 Å². The summed E-state index contributed by atoms with van der Waals surface area (Å²) in [6.45, 7) is 2.41. The van der Waals surface area contributed by atoms with E-state index in [2.05, 4.69) is 11.0 Å². The topological polar surface area (TPSA) is 55.6 Å². The lowest BCUT2D eigenvalue weighted by Crippen LogP contribution is -2.55. The van der Waals surface area contributed by atoms with Crippen LogP contribution in [0.4, 0.5) is 0 Å².